The first-order chi connectivity index (χ1) is 8.90. The van der Waals surface area contributed by atoms with Crippen molar-refractivity contribution in [3.63, 3.8) is 0 Å². The van der Waals surface area contributed by atoms with Gasteiger partial charge in [-0.3, -0.25) is 4.79 Å². The molecule has 0 fully saturated rings. The maximum Gasteiger partial charge on any atom is 0.240 e. The Kier molecular flexibility index (Phi) is 5.63. The molecule has 0 radical (unpaired) electrons. The van der Waals surface area contributed by atoms with Crippen molar-refractivity contribution in [1.29, 1.82) is 0 Å². The van der Waals surface area contributed by atoms with E-state index in [1.165, 1.54) is 0 Å². The number of benzene rings is 1. The highest BCUT2D eigenvalue weighted by atomic mass is 35.5. The lowest BCUT2D eigenvalue weighted by Crippen LogP contribution is -2.51. The molecule has 5 heteroatoms. The normalized spacial score (nSPS) is 13.7. The monoisotopic (exact) mass is 284 g/mol. The second kappa shape index (κ2) is 6.78. The molecule has 1 amide bonds. The maximum atomic E-state index is 12.0. The Morgan fingerprint density at radius 3 is 2.79 bits per heavy atom. The lowest BCUT2D eigenvalue weighted by Gasteiger charge is -2.23. The summed E-state index contributed by atoms with van der Waals surface area (Å²) in [5.74, 6) is 0.494. The van der Waals surface area contributed by atoms with E-state index in [9.17, 15) is 4.79 Å². The van der Waals surface area contributed by atoms with Crippen LogP contribution in [0.2, 0.25) is 5.02 Å². The summed E-state index contributed by atoms with van der Waals surface area (Å²) in [6.07, 6.45) is 1.52. The third-order valence-corrected chi connectivity index (χ3v) is 3.21. The van der Waals surface area contributed by atoms with E-state index in [0.29, 0.717) is 23.7 Å². The van der Waals surface area contributed by atoms with Crippen LogP contribution >= 0.6 is 11.6 Å². The summed E-state index contributed by atoms with van der Waals surface area (Å²) in [6, 6.07) is 5.31. The summed E-state index contributed by atoms with van der Waals surface area (Å²) in [5, 5.41) is 3.43. The number of nitrogens with two attached hydrogens (primary N) is 1. The molecule has 1 rings (SSSR count). The fraction of sp³-hybridized carbons (Fsp3) is 0.500. The van der Waals surface area contributed by atoms with Gasteiger partial charge in [0.1, 0.15) is 5.75 Å². The fourth-order valence-corrected chi connectivity index (χ4v) is 2.04. The van der Waals surface area contributed by atoms with E-state index >= 15 is 0 Å². The zero-order valence-electron chi connectivity index (χ0n) is 11.6. The average Bonchev–Trinajstić information content (AvgIpc) is 2.36. The van der Waals surface area contributed by atoms with Gasteiger partial charge in [0.05, 0.1) is 12.6 Å². The zero-order chi connectivity index (χ0) is 14.5. The summed E-state index contributed by atoms with van der Waals surface area (Å²) >= 11 is 5.88. The van der Waals surface area contributed by atoms with Crippen LogP contribution < -0.4 is 15.8 Å². The van der Waals surface area contributed by atoms with E-state index in [-0.39, 0.29) is 5.91 Å². The van der Waals surface area contributed by atoms with Crippen molar-refractivity contribution in [2.75, 3.05) is 7.11 Å². The van der Waals surface area contributed by atoms with Gasteiger partial charge in [-0.25, -0.2) is 0 Å². The minimum atomic E-state index is -0.839. The molecule has 0 aliphatic heterocycles. The number of ether oxygens (including phenoxy) is 1. The molecule has 0 saturated carbocycles. The molecule has 1 aromatic carbocycles. The van der Waals surface area contributed by atoms with Gasteiger partial charge in [0.25, 0.3) is 0 Å². The molecule has 3 N–H and O–H groups in total. The van der Waals surface area contributed by atoms with Crippen molar-refractivity contribution in [2.24, 2.45) is 5.73 Å². The molecule has 4 nitrogen and oxygen atoms in total. The molecule has 0 bridgehead atoms. The van der Waals surface area contributed by atoms with Crippen LogP contribution in [0, 0.1) is 0 Å². The SMILES string of the molecule is CCCC(C)(N)C(=O)NCc1ccc(Cl)cc1OC. The minimum Gasteiger partial charge on any atom is -0.496 e. The average molecular weight is 285 g/mol. The molecule has 1 unspecified atom stereocenters. The van der Waals surface area contributed by atoms with Gasteiger partial charge in [-0.1, -0.05) is 31.0 Å². The third-order valence-electron chi connectivity index (χ3n) is 2.98. The first-order valence-corrected chi connectivity index (χ1v) is 6.68. The molecule has 0 aliphatic rings. The molecule has 1 atom stereocenters. The van der Waals surface area contributed by atoms with Crippen LogP contribution in [0.4, 0.5) is 0 Å². The van der Waals surface area contributed by atoms with Crippen LogP contribution in [0.3, 0.4) is 0 Å². The Balaban J connectivity index is 2.69. The van der Waals surface area contributed by atoms with Gasteiger partial charge in [0.15, 0.2) is 0 Å². The molecule has 106 valence electrons. The molecule has 0 aliphatic carbocycles. The highest BCUT2D eigenvalue weighted by Gasteiger charge is 2.26. The summed E-state index contributed by atoms with van der Waals surface area (Å²) in [7, 11) is 1.57. The van der Waals surface area contributed by atoms with Crippen LogP contribution in [-0.4, -0.2) is 18.6 Å². The van der Waals surface area contributed by atoms with Crippen LogP contribution in [0.15, 0.2) is 18.2 Å². The van der Waals surface area contributed by atoms with Crippen LogP contribution in [0.1, 0.15) is 32.3 Å². The Morgan fingerprint density at radius 1 is 1.53 bits per heavy atom. The first kappa shape index (κ1) is 15.8. The quantitative estimate of drug-likeness (QED) is 0.843. The highest BCUT2D eigenvalue weighted by molar-refractivity contribution is 6.30. The van der Waals surface area contributed by atoms with Gasteiger partial charge >= 0.3 is 0 Å². The van der Waals surface area contributed by atoms with Crippen LogP contribution in [0.5, 0.6) is 5.75 Å². The second-order valence-corrected chi connectivity index (χ2v) is 5.24. The van der Waals surface area contributed by atoms with Crippen molar-refractivity contribution < 1.29 is 9.53 Å². The topological polar surface area (TPSA) is 64.4 Å². The largest absolute Gasteiger partial charge is 0.496 e. The highest BCUT2D eigenvalue weighted by Crippen LogP contribution is 2.23. The van der Waals surface area contributed by atoms with Crippen molar-refractivity contribution in [3.8, 4) is 5.75 Å². The predicted octanol–water partition coefficient (Wildman–Crippen LogP) is 2.48. The molecular formula is C14H21ClN2O2. The maximum absolute atomic E-state index is 12.0. The number of hydrogen-bond donors (Lipinski definition) is 2. The zero-order valence-corrected chi connectivity index (χ0v) is 12.4. The number of methoxy groups -OCH3 is 1. The van der Waals surface area contributed by atoms with Gasteiger partial charge in [0.2, 0.25) is 5.91 Å². The molecule has 0 saturated heterocycles. The van der Waals surface area contributed by atoms with E-state index in [1.807, 2.05) is 13.0 Å². The summed E-state index contributed by atoms with van der Waals surface area (Å²) < 4.78 is 5.22. The van der Waals surface area contributed by atoms with Gasteiger partial charge in [-0.2, -0.15) is 0 Å². The van der Waals surface area contributed by atoms with E-state index in [1.54, 1.807) is 26.2 Å². The Bertz CT molecular complexity index is 447. The van der Waals surface area contributed by atoms with E-state index in [4.69, 9.17) is 22.1 Å². The Hall–Kier alpha value is -1.26. The molecule has 0 spiro atoms. The van der Waals surface area contributed by atoms with E-state index < -0.39 is 5.54 Å². The predicted molar refractivity (Wildman–Crippen MR) is 77.4 cm³/mol. The number of carbonyl (C=O) groups is 1. The number of carbonyl (C=O) groups excluding carboxylic acids is 1. The van der Waals surface area contributed by atoms with Gasteiger partial charge in [-0.05, 0) is 25.5 Å². The lowest BCUT2D eigenvalue weighted by molar-refractivity contribution is -0.126. The van der Waals surface area contributed by atoms with Crippen LogP contribution in [-0.2, 0) is 11.3 Å². The number of hydrogen-bond acceptors (Lipinski definition) is 3. The first-order valence-electron chi connectivity index (χ1n) is 6.30. The number of nitrogens with one attached hydrogen (secondary N) is 1. The van der Waals surface area contributed by atoms with Gasteiger partial charge in [0, 0.05) is 17.1 Å². The molecular weight excluding hydrogens is 264 g/mol. The molecule has 1 aromatic rings. The standard InChI is InChI=1S/C14H21ClN2O2/c1-4-7-14(2,16)13(18)17-9-10-5-6-11(15)8-12(10)19-3/h5-6,8H,4,7,9,16H2,1-3H3,(H,17,18). The number of amides is 1. The number of rotatable bonds is 6. The van der Waals surface area contributed by atoms with Crippen LogP contribution in [0.25, 0.3) is 0 Å². The second-order valence-electron chi connectivity index (χ2n) is 4.81. The van der Waals surface area contributed by atoms with E-state index in [0.717, 1.165) is 12.0 Å². The van der Waals surface area contributed by atoms with Gasteiger partial charge in [-0.15, -0.1) is 0 Å². The van der Waals surface area contributed by atoms with Crippen molar-refractivity contribution in [2.45, 2.75) is 38.8 Å². The smallest absolute Gasteiger partial charge is 0.240 e. The van der Waals surface area contributed by atoms with Crippen molar-refractivity contribution in [3.05, 3.63) is 28.8 Å². The minimum absolute atomic E-state index is 0.161. The third kappa shape index (κ3) is 4.40. The van der Waals surface area contributed by atoms with Crippen molar-refractivity contribution >= 4 is 17.5 Å². The lowest BCUT2D eigenvalue weighted by atomic mass is 9.96. The fourth-order valence-electron chi connectivity index (χ4n) is 1.87. The van der Waals surface area contributed by atoms with Gasteiger partial charge < -0.3 is 15.8 Å². The summed E-state index contributed by atoms with van der Waals surface area (Å²) in [4.78, 5) is 12.0. The summed E-state index contributed by atoms with van der Waals surface area (Å²) in [6.45, 7) is 4.11. The van der Waals surface area contributed by atoms with Crippen molar-refractivity contribution in [1.82, 2.24) is 5.32 Å². The van der Waals surface area contributed by atoms with E-state index in [2.05, 4.69) is 5.32 Å². The molecule has 0 aromatic heterocycles. The molecule has 0 heterocycles. The number of halogens is 1. The molecule has 19 heavy (non-hydrogen) atoms. The summed E-state index contributed by atoms with van der Waals surface area (Å²) in [5.41, 5.74) is 5.99. The Labute approximate surface area is 119 Å². The Morgan fingerprint density at radius 2 is 2.21 bits per heavy atom.